The molecule has 0 heterocycles. The predicted octanol–water partition coefficient (Wildman–Crippen LogP) is 3.42. The highest BCUT2D eigenvalue weighted by Crippen LogP contribution is 2.23. The quantitative estimate of drug-likeness (QED) is 0.673. The summed E-state index contributed by atoms with van der Waals surface area (Å²) in [6.07, 6.45) is 0. The molecule has 3 aromatic rings. The maximum atomic E-state index is 12.9. The number of rotatable bonds is 6. The van der Waals surface area contributed by atoms with Crippen molar-refractivity contribution in [2.75, 3.05) is 7.05 Å². The second kappa shape index (κ2) is 8.37. The van der Waals surface area contributed by atoms with Crippen LogP contribution in [0.5, 0.6) is 0 Å². The molecule has 0 aromatic heterocycles. The monoisotopic (exact) mass is 394 g/mol. The Bertz CT molecular complexity index is 1080. The number of hydrogen-bond donors (Lipinski definition) is 2. The Morgan fingerprint density at radius 1 is 0.857 bits per heavy atom. The number of carbonyl (C=O) groups excluding carboxylic acids is 1. The van der Waals surface area contributed by atoms with E-state index >= 15 is 0 Å². The molecule has 1 amide bonds. The molecule has 0 fully saturated rings. The fraction of sp³-hybridized carbons (Fsp3) is 0.136. The molecule has 0 saturated heterocycles. The average molecular weight is 394 g/mol. The van der Waals surface area contributed by atoms with Crippen molar-refractivity contribution >= 4 is 15.9 Å². The summed E-state index contributed by atoms with van der Waals surface area (Å²) in [6.45, 7) is 2.00. The number of carbonyl (C=O) groups is 1. The molecule has 1 atom stereocenters. The van der Waals surface area contributed by atoms with Crippen LogP contribution in [0.3, 0.4) is 0 Å². The number of hydrogen-bond acceptors (Lipinski definition) is 3. The molecule has 0 aliphatic rings. The van der Waals surface area contributed by atoms with Crippen molar-refractivity contribution in [3.8, 4) is 0 Å². The van der Waals surface area contributed by atoms with E-state index in [0.717, 1.165) is 16.7 Å². The number of sulfonamides is 1. The van der Waals surface area contributed by atoms with E-state index in [1.54, 1.807) is 12.1 Å². The molecule has 28 heavy (non-hydrogen) atoms. The lowest BCUT2D eigenvalue weighted by Gasteiger charge is -2.20. The Morgan fingerprint density at radius 3 is 2.21 bits per heavy atom. The first-order chi connectivity index (χ1) is 13.4. The standard InChI is InChI=1S/C22H22N2O3S/c1-16-8-6-11-18(14-16)21(17-9-4-3-5-10-17)24-22(25)19-12-7-13-20(15-19)28(26,27)23-2/h3-15,21,23H,1-2H3,(H,24,25). The summed E-state index contributed by atoms with van der Waals surface area (Å²) >= 11 is 0. The summed E-state index contributed by atoms with van der Waals surface area (Å²) in [5, 5.41) is 3.04. The van der Waals surface area contributed by atoms with Crippen molar-refractivity contribution in [3.05, 3.63) is 101 Å². The third-order valence-corrected chi connectivity index (χ3v) is 5.87. The Hall–Kier alpha value is -2.96. The number of amides is 1. The lowest BCUT2D eigenvalue weighted by atomic mass is 9.97. The van der Waals surface area contributed by atoms with E-state index in [4.69, 9.17) is 0 Å². The Balaban J connectivity index is 1.96. The zero-order valence-corrected chi connectivity index (χ0v) is 16.5. The van der Waals surface area contributed by atoms with E-state index in [2.05, 4.69) is 10.0 Å². The molecule has 144 valence electrons. The first-order valence-electron chi connectivity index (χ1n) is 8.87. The average Bonchev–Trinajstić information content (AvgIpc) is 2.72. The van der Waals surface area contributed by atoms with Crippen molar-refractivity contribution in [1.29, 1.82) is 0 Å². The van der Waals surface area contributed by atoms with Crippen molar-refractivity contribution < 1.29 is 13.2 Å². The second-order valence-corrected chi connectivity index (χ2v) is 8.35. The van der Waals surface area contributed by atoms with Gasteiger partial charge in [-0.2, -0.15) is 0 Å². The van der Waals surface area contributed by atoms with Crippen LogP contribution in [-0.4, -0.2) is 21.4 Å². The van der Waals surface area contributed by atoms with E-state index < -0.39 is 10.0 Å². The molecule has 2 N–H and O–H groups in total. The largest absolute Gasteiger partial charge is 0.341 e. The van der Waals surface area contributed by atoms with Gasteiger partial charge in [-0.15, -0.1) is 0 Å². The fourth-order valence-electron chi connectivity index (χ4n) is 2.99. The van der Waals surface area contributed by atoms with Gasteiger partial charge < -0.3 is 5.32 Å². The van der Waals surface area contributed by atoms with Gasteiger partial charge in [0, 0.05) is 5.56 Å². The third kappa shape index (κ3) is 4.47. The van der Waals surface area contributed by atoms with E-state index in [-0.39, 0.29) is 22.4 Å². The van der Waals surface area contributed by atoms with Gasteiger partial charge >= 0.3 is 0 Å². The molecule has 0 aliphatic heterocycles. The number of nitrogens with one attached hydrogen (secondary N) is 2. The summed E-state index contributed by atoms with van der Waals surface area (Å²) < 4.78 is 26.3. The van der Waals surface area contributed by atoms with Gasteiger partial charge in [0.25, 0.3) is 5.91 Å². The summed E-state index contributed by atoms with van der Waals surface area (Å²) in [5.74, 6) is -0.344. The number of aryl methyl sites for hydroxylation is 1. The van der Waals surface area contributed by atoms with Crippen LogP contribution in [0.4, 0.5) is 0 Å². The highest BCUT2D eigenvalue weighted by Gasteiger charge is 2.19. The molecule has 0 bridgehead atoms. The molecule has 6 heteroatoms. The van der Waals surface area contributed by atoms with Crippen LogP contribution >= 0.6 is 0 Å². The highest BCUT2D eigenvalue weighted by molar-refractivity contribution is 7.89. The molecule has 5 nitrogen and oxygen atoms in total. The molecule has 1 unspecified atom stereocenters. The minimum Gasteiger partial charge on any atom is -0.341 e. The molecule has 0 saturated carbocycles. The van der Waals surface area contributed by atoms with Gasteiger partial charge in [-0.05, 0) is 43.3 Å². The maximum absolute atomic E-state index is 12.9. The van der Waals surface area contributed by atoms with Crippen LogP contribution in [0.15, 0.2) is 83.8 Å². The summed E-state index contributed by atoms with van der Waals surface area (Å²) in [6, 6.07) is 23.3. The molecule has 3 rings (SSSR count). The molecule has 0 spiro atoms. The molecule has 0 aliphatic carbocycles. The smallest absolute Gasteiger partial charge is 0.252 e. The fourth-order valence-corrected chi connectivity index (χ4v) is 3.77. The Labute approximate surface area is 165 Å². The predicted molar refractivity (Wildman–Crippen MR) is 110 cm³/mol. The summed E-state index contributed by atoms with van der Waals surface area (Å²) in [5.41, 5.74) is 3.28. The first-order valence-corrected chi connectivity index (χ1v) is 10.3. The van der Waals surface area contributed by atoms with Crippen molar-refractivity contribution in [1.82, 2.24) is 10.0 Å². The van der Waals surface area contributed by atoms with Gasteiger partial charge in [0.05, 0.1) is 10.9 Å². The highest BCUT2D eigenvalue weighted by atomic mass is 32.2. The zero-order chi connectivity index (χ0) is 20.1. The molecule has 3 aromatic carbocycles. The first kappa shape index (κ1) is 19.8. The molecule has 0 radical (unpaired) electrons. The van der Waals surface area contributed by atoms with Crippen LogP contribution in [0.25, 0.3) is 0 Å². The van der Waals surface area contributed by atoms with Crippen LogP contribution < -0.4 is 10.0 Å². The Morgan fingerprint density at radius 2 is 1.54 bits per heavy atom. The summed E-state index contributed by atoms with van der Waals surface area (Å²) in [4.78, 5) is 13.0. The topological polar surface area (TPSA) is 75.3 Å². The molecular formula is C22H22N2O3S. The van der Waals surface area contributed by atoms with Gasteiger partial charge in [0.1, 0.15) is 0 Å². The van der Waals surface area contributed by atoms with Gasteiger partial charge in [0.15, 0.2) is 0 Å². The van der Waals surface area contributed by atoms with Crippen molar-refractivity contribution in [2.45, 2.75) is 17.9 Å². The van der Waals surface area contributed by atoms with Gasteiger partial charge in [-0.1, -0.05) is 66.2 Å². The normalized spacial score (nSPS) is 12.4. The van der Waals surface area contributed by atoms with Crippen LogP contribution in [0.2, 0.25) is 0 Å². The minimum atomic E-state index is -3.62. The maximum Gasteiger partial charge on any atom is 0.252 e. The van der Waals surface area contributed by atoms with Crippen molar-refractivity contribution in [3.63, 3.8) is 0 Å². The van der Waals surface area contributed by atoms with E-state index in [0.29, 0.717) is 0 Å². The van der Waals surface area contributed by atoms with Crippen LogP contribution in [0.1, 0.15) is 33.1 Å². The second-order valence-electron chi connectivity index (χ2n) is 6.47. The van der Waals surface area contributed by atoms with Crippen LogP contribution in [-0.2, 0) is 10.0 Å². The zero-order valence-electron chi connectivity index (χ0n) is 15.7. The lowest BCUT2D eigenvalue weighted by molar-refractivity contribution is 0.0942. The van der Waals surface area contributed by atoms with E-state index in [1.165, 1.54) is 19.2 Å². The van der Waals surface area contributed by atoms with Gasteiger partial charge in [0.2, 0.25) is 10.0 Å². The summed E-state index contributed by atoms with van der Waals surface area (Å²) in [7, 11) is -2.28. The minimum absolute atomic E-state index is 0.0504. The van der Waals surface area contributed by atoms with Crippen LogP contribution in [0, 0.1) is 6.92 Å². The van der Waals surface area contributed by atoms with E-state index in [9.17, 15) is 13.2 Å². The third-order valence-electron chi connectivity index (χ3n) is 4.46. The van der Waals surface area contributed by atoms with Crippen molar-refractivity contribution in [2.24, 2.45) is 0 Å². The van der Waals surface area contributed by atoms with Gasteiger partial charge in [-0.3, -0.25) is 4.79 Å². The molecular weight excluding hydrogens is 372 g/mol. The SMILES string of the molecule is CNS(=O)(=O)c1cccc(C(=O)NC(c2ccccc2)c2cccc(C)c2)c1. The van der Waals surface area contributed by atoms with Gasteiger partial charge in [-0.25, -0.2) is 13.1 Å². The lowest BCUT2D eigenvalue weighted by Crippen LogP contribution is -2.29. The number of benzene rings is 3. The Kier molecular flexibility index (Phi) is 5.92. The van der Waals surface area contributed by atoms with E-state index in [1.807, 2.05) is 61.5 Å².